The molecule has 0 aliphatic carbocycles. The zero-order chi connectivity index (χ0) is 19.2. The number of benzene rings is 1. The average molecular weight is 373 g/mol. The van der Waals surface area contributed by atoms with Crippen LogP contribution in [0, 0.1) is 12.8 Å². The second-order valence-corrected chi connectivity index (χ2v) is 7.63. The molecule has 5 nitrogen and oxygen atoms in total. The van der Waals surface area contributed by atoms with E-state index >= 15 is 0 Å². The van der Waals surface area contributed by atoms with Crippen molar-refractivity contribution in [3.05, 3.63) is 47.4 Å². The van der Waals surface area contributed by atoms with Gasteiger partial charge in [-0.2, -0.15) is 0 Å². The Balaban J connectivity index is 1.45. The van der Waals surface area contributed by atoms with Gasteiger partial charge in [-0.05, 0) is 70.9 Å². The fraction of sp³-hybridized carbons (Fsp3) is 0.545. The molecule has 27 heavy (non-hydrogen) atoms. The number of ether oxygens (including phenoxy) is 1. The molecule has 0 saturated carbocycles. The summed E-state index contributed by atoms with van der Waals surface area (Å²) in [6.45, 7) is 9.40. The van der Waals surface area contributed by atoms with Crippen LogP contribution in [0.2, 0.25) is 0 Å². The minimum atomic E-state index is 0.273. The summed E-state index contributed by atoms with van der Waals surface area (Å²) in [5, 5.41) is 10.4. The van der Waals surface area contributed by atoms with Crippen LogP contribution < -0.4 is 4.74 Å². The third-order valence-corrected chi connectivity index (χ3v) is 5.28. The van der Waals surface area contributed by atoms with Gasteiger partial charge in [0, 0.05) is 18.7 Å². The van der Waals surface area contributed by atoms with Gasteiger partial charge in [-0.25, -0.2) is 0 Å². The van der Waals surface area contributed by atoms with Crippen molar-refractivity contribution in [1.82, 2.24) is 9.80 Å². The zero-order valence-electron chi connectivity index (χ0n) is 16.8. The Morgan fingerprint density at radius 2 is 2.00 bits per heavy atom. The van der Waals surface area contributed by atoms with Crippen LogP contribution in [-0.4, -0.2) is 48.2 Å². The predicted molar refractivity (Wildman–Crippen MR) is 107 cm³/mol. The minimum Gasteiger partial charge on any atom is -0.504 e. The van der Waals surface area contributed by atoms with Crippen molar-refractivity contribution in [2.24, 2.45) is 5.92 Å². The number of hydrogen-bond donors (Lipinski definition) is 1. The van der Waals surface area contributed by atoms with Crippen molar-refractivity contribution in [2.45, 2.75) is 39.8 Å². The molecular formula is C22H32N2O3. The third kappa shape index (κ3) is 5.50. The molecule has 1 aromatic heterocycles. The highest BCUT2D eigenvalue weighted by Gasteiger charge is 2.21. The van der Waals surface area contributed by atoms with Crippen LogP contribution in [0.4, 0.5) is 0 Å². The number of phenols is 1. The Morgan fingerprint density at radius 1 is 1.22 bits per heavy atom. The average Bonchev–Trinajstić information content (AvgIpc) is 3.05. The van der Waals surface area contributed by atoms with E-state index < -0.39 is 0 Å². The lowest BCUT2D eigenvalue weighted by Gasteiger charge is -2.33. The number of rotatable bonds is 8. The summed E-state index contributed by atoms with van der Waals surface area (Å²) in [4.78, 5) is 4.78. The van der Waals surface area contributed by atoms with Crippen LogP contribution in [-0.2, 0) is 13.1 Å². The Bertz CT molecular complexity index is 720. The fourth-order valence-corrected chi connectivity index (χ4v) is 3.88. The lowest BCUT2D eigenvalue weighted by atomic mass is 9.96. The summed E-state index contributed by atoms with van der Waals surface area (Å²) in [7, 11) is 2.13. The SMILES string of the molecule is CCOc1cccc(CN(C)CC2CCN(Cc3ccc(C)o3)CC2)c1O. The van der Waals surface area contributed by atoms with Gasteiger partial charge in [-0.3, -0.25) is 4.90 Å². The summed E-state index contributed by atoms with van der Waals surface area (Å²) >= 11 is 0. The fourth-order valence-electron chi connectivity index (χ4n) is 3.88. The normalized spacial score (nSPS) is 16.1. The molecule has 1 saturated heterocycles. The number of furan rings is 1. The maximum atomic E-state index is 10.4. The van der Waals surface area contributed by atoms with Gasteiger partial charge in [0.25, 0.3) is 0 Å². The molecule has 5 heteroatoms. The number of likely N-dealkylation sites (tertiary alicyclic amines) is 1. The van der Waals surface area contributed by atoms with Crippen molar-refractivity contribution in [3.63, 3.8) is 0 Å². The van der Waals surface area contributed by atoms with E-state index in [4.69, 9.17) is 9.15 Å². The van der Waals surface area contributed by atoms with Crippen LogP contribution in [0.15, 0.2) is 34.7 Å². The predicted octanol–water partition coefficient (Wildman–Crippen LogP) is 4.04. The Labute approximate surface area is 162 Å². The smallest absolute Gasteiger partial charge is 0.162 e. The molecule has 1 N–H and O–H groups in total. The van der Waals surface area contributed by atoms with Gasteiger partial charge in [0.2, 0.25) is 0 Å². The van der Waals surface area contributed by atoms with Gasteiger partial charge in [-0.1, -0.05) is 12.1 Å². The maximum absolute atomic E-state index is 10.4. The van der Waals surface area contributed by atoms with Crippen molar-refractivity contribution in [1.29, 1.82) is 0 Å². The van der Waals surface area contributed by atoms with Crippen LogP contribution in [0.5, 0.6) is 11.5 Å². The van der Waals surface area contributed by atoms with Crippen LogP contribution in [0.1, 0.15) is 36.8 Å². The first-order chi connectivity index (χ1) is 13.0. The summed E-state index contributed by atoms with van der Waals surface area (Å²) in [5.41, 5.74) is 0.925. The van der Waals surface area contributed by atoms with Gasteiger partial charge < -0.3 is 19.2 Å². The number of phenolic OH excluding ortho intramolecular Hbond substituents is 1. The molecule has 0 radical (unpaired) electrons. The molecular weight excluding hydrogens is 340 g/mol. The van der Waals surface area contributed by atoms with Crippen molar-refractivity contribution < 1.29 is 14.3 Å². The minimum absolute atomic E-state index is 0.273. The van der Waals surface area contributed by atoms with E-state index in [-0.39, 0.29) is 5.75 Å². The van der Waals surface area contributed by atoms with E-state index in [0.717, 1.165) is 49.8 Å². The lowest BCUT2D eigenvalue weighted by Crippen LogP contribution is -2.37. The largest absolute Gasteiger partial charge is 0.504 e. The van der Waals surface area contributed by atoms with Crippen LogP contribution in [0.25, 0.3) is 0 Å². The van der Waals surface area contributed by atoms with Gasteiger partial charge in [0.1, 0.15) is 11.5 Å². The molecule has 0 amide bonds. The van der Waals surface area contributed by atoms with E-state index in [2.05, 4.69) is 22.9 Å². The Morgan fingerprint density at radius 3 is 2.67 bits per heavy atom. The number of aromatic hydroxyl groups is 1. The molecule has 0 bridgehead atoms. The van der Waals surface area contributed by atoms with Crippen molar-refractivity contribution in [2.75, 3.05) is 33.3 Å². The first-order valence-corrected chi connectivity index (χ1v) is 9.95. The zero-order valence-corrected chi connectivity index (χ0v) is 16.8. The second kappa shape index (κ2) is 9.29. The van der Waals surface area contributed by atoms with Crippen molar-refractivity contribution >= 4 is 0 Å². The molecule has 0 spiro atoms. The summed E-state index contributed by atoms with van der Waals surface area (Å²) in [5.74, 6) is 3.59. The number of nitrogens with zero attached hydrogens (tertiary/aromatic N) is 2. The second-order valence-electron chi connectivity index (χ2n) is 7.63. The van der Waals surface area contributed by atoms with Crippen LogP contribution >= 0.6 is 0 Å². The maximum Gasteiger partial charge on any atom is 0.162 e. The highest BCUT2D eigenvalue weighted by atomic mass is 16.5. The molecule has 1 aromatic carbocycles. The van der Waals surface area contributed by atoms with Gasteiger partial charge in [-0.15, -0.1) is 0 Å². The molecule has 0 unspecified atom stereocenters. The summed E-state index contributed by atoms with van der Waals surface area (Å²) in [6.07, 6.45) is 2.41. The molecule has 2 aromatic rings. The van der Waals surface area contributed by atoms with E-state index in [1.165, 1.54) is 12.8 Å². The lowest BCUT2D eigenvalue weighted by molar-refractivity contribution is 0.139. The number of piperidine rings is 1. The van der Waals surface area contributed by atoms with E-state index in [9.17, 15) is 5.11 Å². The van der Waals surface area contributed by atoms with E-state index in [0.29, 0.717) is 18.3 Å². The molecule has 3 rings (SSSR count). The summed E-state index contributed by atoms with van der Waals surface area (Å²) in [6, 6.07) is 9.86. The monoisotopic (exact) mass is 372 g/mol. The molecule has 2 heterocycles. The van der Waals surface area contributed by atoms with E-state index in [1.54, 1.807) is 0 Å². The van der Waals surface area contributed by atoms with Gasteiger partial charge in [0.15, 0.2) is 11.5 Å². The van der Waals surface area contributed by atoms with Gasteiger partial charge >= 0.3 is 0 Å². The number of aryl methyl sites for hydroxylation is 1. The first-order valence-electron chi connectivity index (χ1n) is 9.95. The Hall–Kier alpha value is -1.98. The molecule has 148 valence electrons. The highest BCUT2D eigenvalue weighted by molar-refractivity contribution is 5.45. The third-order valence-electron chi connectivity index (χ3n) is 5.28. The first kappa shape index (κ1) is 19.8. The van der Waals surface area contributed by atoms with Crippen LogP contribution in [0.3, 0.4) is 0 Å². The van der Waals surface area contributed by atoms with Crippen molar-refractivity contribution in [3.8, 4) is 11.5 Å². The summed E-state index contributed by atoms with van der Waals surface area (Å²) < 4.78 is 11.2. The topological polar surface area (TPSA) is 49.1 Å². The van der Waals surface area contributed by atoms with Gasteiger partial charge in [0.05, 0.1) is 13.2 Å². The number of para-hydroxylation sites is 1. The molecule has 1 aliphatic rings. The number of hydrogen-bond acceptors (Lipinski definition) is 5. The quantitative estimate of drug-likeness (QED) is 0.758. The molecule has 1 fully saturated rings. The molecule has 0 atom stereocenters. The molecule has 1 aliphatic heterocycles. The highest BCUT2D eigenvalue weighted by Crippen LogP contribution is 2.31. The standard InChI is InChI=1S/C22H32N2O3/c1-4-26-21-7-5-6-19(22(21)25)15-23(3)14-18-10-12-24(13-11-18)16-20-9-8-17(2)27-20/h5-9,18,25H,4,10-16H2,1-3H3. The van der Waals surface area contributed by atoms with E-state index in [1.807, 2.05) is 38.1 Å². The Kier molecular flexibility index (Phi) is 6.80.